The molecule has 1 heterocycles. The number of carbonyl (C=O) groups is 1. The summed E-state index contributed by atoms with van der Waals surface area (Å²) in [6, 6.07) is 4.40. The molecule has 110 valence electrons. The van der Waals surface area contributed by atoms with Crippen LogP contribution in [0.5, 0.6) is 5.75 Å². The van der Waals surface area contributed by atoms with E-state index >= 15 is 0 Å². The van der Waals surface area contributed by atoms with E-state index in [1.54, 1.807) is 13.0 Å². The predicted octanol–water partition coefficient (Wildman–Crippen LogP) is 1.43. The number of ether oxygens (including phenoxy) is 1. The molecule has 1 aliphatic heterocycles. The first-order valence-corrected chi connectivity index (χ1v) is 6.58. The first-order valence-electron chi connectivity index (χ1n) is 6.58. The van der Waals surface area contributed by atoms with Gasteiger partial charge < -0.3 is 14.7 Å². The van der Waals surface area contributed by atoms with E-state index in [2.05, 4.69) is 0 Å². The number of carboxylic acids is 1. The molecule has 1 aromatic carbocycles. The summed E-state index contributed by atoms with van der Waals surface area (Å²) >= 11 is 0. The lowest BCUT2D eigenvalue weighted by Crippen LogP contribution is -2.51. The summed E-state index contributed by atoms with van der Waals surface area (Å²) in [4.78, 5) is 14.9. The maximum absolute atomic E-state index is 13.7. The Morgan fingerprint density at radius 2 is 2.00 bits per heavy atom. The van der Waals surface area contributed by atoms with Crippen LogP contribution in [0.4, 0.5) is 10.1 Å². The van der Waals surface area contributed by atoms with Crippen LogP contribution in [0.3, 0.4) is 0 Å². The zero-order valence-corrected chi connectivity index (χ0v) is 11.7. The minimum atomic E-state index is -0.811. The quantitative estimate of drug-likeness (QED) is 0.905. The van der Waals surface area contributed by atoms with E-state index in [0.29, 0.717) is 26.2 Å². The van der Waals surface area contributed by atoms with Gasteiger partial charge in [-0.1, -0.05) is 0 Å². The number of rotatable bonds is 4. The third-order valence-electron chi connectivity index (χ3n) is 3.72. The lowest BCUT2D eigenvalue weighted by molar-refractivity contribution is -0.142. The minimum Gasteiger partial charge on any atom is -0.494 e. The number of carboxylic acid groups (broad SMARTS) is 1. The summed E-state index contributed by atoms with van der Waals surface area (Å²) < 4.78 is 18.6. The Morgan fingerprint density at radius 3 is 2.50 bits per heavy atom. The van der Waals surface area contributed by atoms with Crippen LogP contribution in [0.15, 0.2) is 18.2 Å². The van der Waals surface area contributed by atoms with E-state index in [4.69, 9.17) is 9.84 Å². The van der Waals surface area contributed by atoms with Gasteiger partial charge in [-0.15, -0.1) is 0 Å². The number of hydrogen-bond donors (Lipinski definition) is 1. The van der Waals surface area contributed by atoms with E-state index in [0.717, 1.165) is 5.69 Å². The molecule has 1 N–H and O–H groups in total. The van der Waals surface area contributed by atoms with Crippen LogP contribution in [0.25, 0.3) is 0 Å². The van der Waals surface area contributed by atoms with Gasteiger partial charge in [0, 0.05) is 37.9 Å². The molecule has 1 saturated heterocycles. The van der Waals surface area contributed by atoms with Crippen molar-refractivity contribution in [3.05, 3.63) is 24.0 Å². The second-order valence-electron chi connectivity index (χ2n) is 4.86. The van der Waals surface area contributed by atoms with Crippen LogP contribution in [0, 0.1) is 5.82 Å². The fraction of sp³-hybridized carbons (Fsp3) is 0.500. The predicted molar refractivity (Wildman–Crippen MR) is 73.8 cm³/mol. The van der Waals surface area contributed by atoms with Gasteiger partial charge in [0.05, 0.1) is 7.11 Å². The summed E-state index contributed by atoms with van der Waals surface area (Å²) in [5.41, 5.74) is 0.797. The highest BCUT2D eigenvalue weighted by Crippen LogP contribution is 2.24. The Hall–Kier alpha value is -1.82. The number of nitrogens with zero attached hydrogens (tertiary/aromatic N) is 2. The number of piperazine rings is 1. The standard InChI is InChI=1S/C14H19FN2O3/c1-10(14(18)19)16-5-7-17(8-6-16)11-3-4-13(20-2)12(15)9-11/h3-4,9-10H,5-8H2,1-2H3,(H,18,19). The van der Waals surface area contributed by atoms with Crippen molar-refractivity contribution in [3.8, 4) is 5.75 Å². The number of halogens is 1. The summed E-state index contributed by atoms with van der Waals surface area (Å²) in [6.45, 7) is 4.36. The summed E-state index contributed by atoms with van der Waals surface area (Å²) in [7, 11) is 1.43. The summed E-state index contributed by atoms with van der Waals surface area (Å²) in [5, 5.41) is 8.99. The van der Waals surface area contributed by atoms with Gasteiger partial charge in [0.2, 0.25) is 0 Å². The average molecular weight is 282 g/mol. The molecule has 0 spiro atoms. The fourth-order valence-corrected chi connectivity index (χ4v) is 2.38. The largest absolute Gasteiger partial charge is 0.494 e. The molecule has 2 rings (SSSR count). The molecular weight excluding hydrogens is 263 g/mol. The Bertz CT molecular complexity index is 487. The second-order valence-corrected chi connectivity index (χ2v) is 4.86. The molecule has 5 nitrogen and oxygen atoms in total. The molecule has 0 aliphatic carbocycles. The normalized spacial score (nSPS) is 17.9. The third-order valence-corrected chi connectivity index (χ3v) is 3.72. The van der Waals surface area contributed by atoms with Crippen LogP contribution in [0.2, 0.25) is 0 Å². The molecule has 1 aliphatic rings. The second kappa shape index (κ2) is 6.09. The van der Waals surface area contributed by atoms with Gasteiger partial charge in [0.15, 0.2) is 11.6 Å². The van der Waals surface area contributed by atoms with Crippen molar-refractivity contribution < 1.29 is 19.0 Å². The molecule has 0 radical (unpaired) electrons. The van der Waals surface area contributed by atoms with Crippen LogP contribution < -0.4 is 9.64 Å². The Kier molecular flexibility index (Phi) is 4.44. The summed E-state index contributed by atoms with van der Waals surface area (Å²) in [6.07, 6.45) is 0. The first kappa shape index (κ1) is 14.6. The molecular formula is C14H19FN2O3. The number of hydrogen-bond acceptors (Lipinski definition) is 4. The SMILES string of the molecule is COc1ccc(N2CCN(C(C)C(=O)O)CC2)cc1F. The van der Waals surface area contributed by atoms with Gasteiger partial charge >= 0.3 is 5.97 Å². The van der Waals surface area contributed by atoms with Crippen LogP contribution in [-0.4, -0.2) is 55.3 Å². The molecule has 0 bridgehead atoms. The highest BCUT2D eigenvalue weighted by molar-refractivity contribution is 5.73. The molecule has 20 heavy (non-hydrogen) atoms. The molecule has 0 amide bonds. The molecule has 1 fully saturated rings. The van der Waals surface area contributed by atoms with Gasteiger partial charge in [0.1, 0.15) is 6.04 Å². The number of aliphatic carboxylic acids is 1. The lowest BCUT2D eigenvalue weighted by Gasteiger charge is -2.37. The zero-order valence-electron chi connectivity index (χ0n) is 11.7. The molecule has 1 aromatic rings. The van der Waals surface area contributed by atoms with Gasteiger partial charge in [-0.3, -0.25) is 9.69 Å². The van der Waals surface area contributed by atoms with Gasteiger partial charge in [-0.2, -0.15) is 0 Å². The van der Waals surface area contributed by atoms with Gasteiger partial charge in [-0.05, 0) is 19.1 Å². The van der Waals surface area contributed by atoms with Crippen molar-refractivity contribution in [3.63, 3.8) is 0 Å². The third kappa shape index (κ3) is 3.01. The zero-order chi connectivity index (χ0) is 14.7. The van der Waals surface area contributed by atoms with Gasteiger partial charge in [-0.25, -0.2) is 4.39 Å². The summed E-state index contributed by atoms with van der Waals surface area (Å²) in [5.74, 6) is -0.966. The lowest BCUT2D eigenvalue weighted by atomic mass is 10.2. The number of anilines is 1. The number of benzene rings is 1. The van der Waals surface area contributed by atoms with E-state index < -0.39 is 12.0 Å². The van der Waals surface area contributed by atoms with E-state index in [1.165, 1.54) is 13.2 Å². The maximum atomic E-state index is 13.7. The fourth-order valence-electron chi connectivity index (χ4n) is 2.38. The monoisotopic (exact) mass is 282 g/mol. The molecule has 6 heteroatoms. The smallest absolute Gasteiger partial charge is 0.320 e. The Balaban J connectivity index is 2.00. The van der Waals surface area contributed by atoms with Crippen molar-refractivity contribution in [1.82, 2.24) is 4.90 Å². The highest BCUT2D eigenvalue weighted by Gasteiger charge is 2.25. The number of methoxy groups -OCH3 is 1. The van der Waals surface area contributed by atoms with Crippen molar-refractivity contribution in [2.75, 3.05) is 38.2 Å². The van der Waals surface area contributed by atoms with Gasteiger partial charge in [0.25, 0.3) is 0 Å². The molecule has 1 atom stereocenters. The van der Waals surface area contributed by atoms with Crippen LogP contribution in [0.1, 0.15) is 6.92 Å². The highest BCUT2D eigenvalue weighted by atomic mass is 19.1. The van der Waals surface area contributed by atoms with Crippen LogP contribution >= 0.6 is 0 Å². The minimum absolute atomic E-state index is 0.229. The van der Waals surface area contributed by atoms with E-state index in [9.17, 15) is 9.18 Å². The Morgan fingerprint density at radius 1 is 1.35 bits per heavy atom. The topological polar surface area (TPSA) is 53.0 Å². The van der Waals surface area contributed by atoms with E-state index in [1.807, 2.05) is 15.9 Å². The Labute approximate surface area is 117 Å². The first-order chi connectivity index (χ1) is 9.52. The van der Waals surface area contributed by atoms with Crippen molar-refractivity contribution in [2.45, 2.75) is 13.0 Å². The van der Waals surface area contributed by atoms with Crippen molar-refractivity contribution >= 4 is 11.7 Å². The maximum Gasteiger partial charge on any atom is 0.320 e. The van der Waals surface area contributed by atoms with Crippen LogP contribution in [-0.2, 0) is 4.79 Å². The molecule has 0 aromatic heterocycles. The average Bonchev–Trinajstić information content (AvgIpc) is 2.46. The van der Waals surface area contributed by atoms with Crippen molar-refractivity contribution in [2.24, 2.45) is 0 Å². The molecule has 1 unspecified atom stereocenters. The van der Waals surface area contributed by atoms with Crippen molar-refractivity contribution in [1.29, 1.82) is 0 Å². The molecule has 0 saturated carbocycles. The van der Waals surface area contributed by atoms with E-state index in [-0.39, 0.29) is 11.6 Å².